The van der Waals surface area contributed by atoms with Gasteiger partial charge in [-0.05, 0) is 42.0 Å². The second-order valence-electron chi connectivity index (χ2n) is 6.99. The van der Waals surface area contributed by atoms with Gasteiger partial charge < -0.3 is 9.84 Å². The predicted molar refractivity (Wildman–Crippen MR) is 118 cm³/mol. The van der Waals surface area contributed by atoms with Gasteiger partial charge in [0.25, 0.3) is 5.56 Å². The summed E-state index contributed by atoms with van der Waals surface area (Å²) in [6, 6.07) is 6.76. The zero-order valence-electron chi connectivity index (χ0n) is 17.0. The number of ketones is 1. The molecule has 0 saturated carbocycles. The van der Waals surface area contributed by atoms with Crippen molar-refractivity contribution in [3.63, 3.8) is 0 Å². The van der Waals surface area contributed by atoms with Crippen LogP contribution < -0.4 is 10.3 Å². The fraction of sp³-hybridized carbons (Fsp3) is 0.238. The van der Waals surface area contributed by atoms with E-state index < -0.39 is 0 Å². The Morgan fingerprint density at radius 1 is 1.28 bits per heavy atom. The van der Waals surface area contributed by atoms with Gasteiger partial charge in [-0.15, -0.1) is 5.10 Å². The Bertz CT molecular complexity index is 1320. The van der Waals surface area contributed by atoms with Gasteiger partial charge in [-0.1, -0.05) is 19.4 Å². The number of rotatable bonds is 7. The molecule has 1 aromatic carbocycles. The third-order valence-corrected chi connectivity index (χ3v) is 4.92. The number of H-pyrrole nitrogens is 1. The average Bonchev–Trinajstić information content (AvgIpc) is 3.29. The number of carbonyl (C=O) groups is 1. The van der Waals surface area contributed by atoms with Crippen LogP contribution in [0.2, 0.25) is 0 Å². The molecule has 0 saturated heterocycles. The van der Waals surface area contributed by atoms with E-state index in [1.807, 2.05) is 6.92 Å². The number of fused-ring (bicyclic) bond motifs is 1. The number of aromatic nitrogens is 6. The van der Waals surface area contributed by atoms with E-state index in [4.69, 9.17) is 4.74 Å². The molecule has 4 aromatic rings. The van der Waals surface area contributed by atoms with Crippen molar-refractivity contribution < 1.29 is 14.6 Å². The number of hydrogen-bond donors (Lipinski definition) is 2. The molecule has 0 aliphatic rings. The molecule has 0 spiro atoms. The van der Waals surface area contributed by atoms with Crippen molar-refractivity contribution >= 4 is 62.8 Å². The number of nitrogens with one attached hydrogen (secondary N) is 1. The fourth-order valence-corrected chi connectivity index (χ4v) is 3.40. The first-order valence-corrected chi connectivity index (χ1v) is 9.73. The van der Waals surface area contributed by atoms with Crippen molar-refractivity contribution in [1.82, 2.24) is 30.0 Å². The molecule has 0 atom stereocenters. The molecule has 4 rings (SSSR count). The molecular weight excluding hydrogens is 439 g/mol. The van der Waals surface area contributed by atoms with Crippen LogP contribution in [-0.2, 0) is 13.0 Å². The fourth-order valence-electron chi connectivity index (χ4n) is 3.40. The molecule has 0 radical (unpaired) electrons. The molecule has 3 heterocycles. The number of Topliss-reactive ketones (excluding diaryl/α,β-unsaturated/α-hetero) is 1. The molecule has 0 bridgehead atoms. The van der Waals surface area contributed by atoms with E-state index in [0.29, 0.717) is 28.9 Å². The monoisotopic (exact) mass is 460 g/mol. The summed E-state index contributed by atoms with van der Waals surface area (Å²) in [6.07, 6.45) is 4.36. The van der Waals surface area contributed by atoms with Crippen LogP contribution in [0.3, 0.4) is 0 Å². The van der Waals surface area contributed by atoms with Gasteiger partial charge in [0.05, 0.1) is 5.56 Å². The molecule has 2 N–H and O–H groups in total. The van der Waals surface area contributed by atoms with Crippen LogP contribution in [0.15, 0.2) is 41.5 Å². The van der Waals surface area contributed by atoms with Gasteiger partial charge in [0.2, 0.25) is 0 Å². The quantitative estimate of drug-likeness (QED) is 0.314. The molecular formula is C21H21KN6O4. The molecule has 3 aromatic heterocycles. The Morgan fingerprint density at radius 2 is 2.09 bits per heavy atom. The number of aromatic amines is 1. The summed E-state index contributed by atoms with van der Waals surface area (Å²) in [5.74, 6) is 0.457. The summed E-state index contributed by atoms with van der Waals surface area (Å²) in [7, 11) is 0. The van der Waals surface area contributed by atoms with Crippen molar-refractivity contribution in [3.05, 3.63) is 63.7 Å². The van der Waals surface area contributed by atoms with E-state index in [0.717, 1.165) is 6.42 Å². The summed E-state index contributed by atoms with van der Waals surface area (Å²) < 4.78 is 7.38. The molecule has 0 fully saturated rings. The summed E-state index contributed by atoms with van der Waals surface area (Å²) in [5, 5.41) is 23.8. The van der Waals surface area contributed by atoms with Gasteiger partial charge in [-0.25, -0.2) is 10.1 Å². The number of pyridine rings is 1. The number of aromatic hydroxyl groups is 1. The van der Waals surface area contributed by atoms with Gasteiger partial charge in [0, 0.05) is 23.5 Å². The van der Waals surface area contributed by atoms with Crippen molar-refractivity contribution in [2.24, 2.45) is 0 Å². The van der Waals surface area contributed by atoms with E-state index >= 15 is 0 Å². The maximum absolute atomic E-state index is 12.8. The van der Waals surface area contributed by atoms with E-state index in [1.165, 1.54) is 17.5 Å². The first-order valence-electron chi connectivity index (χ1n) is 9.73. The average molecular weight is 461 g/mol. The Labute approximate surface area is 225 Å². The summed E-state index contributed by atoms with van der Waals surface area (Å²) >= 11 is 0. The van der Waals surface area contributed by atoms with Crippen molar-refractivity contribution in [2.45, 2.75) is 33.3 Å². The predicted octanol–water partition coefficient (Wildman–Crippen LogP) is 1.67. The van der Waals surface area contributed by atoms with Gasteiger partial charge in [0.1, 0.15) is 29.3 Å². The molecule has 32 heavy (non-hydrogen) atoms. The van der Waals surface area contributed by atoms with Crippen LogP contribution in [0.4, 0.5) is 0 Å². The Kier molecular flexibility index (Phi) is 7.90. The molecule has 0 unspecified atom stereocenters. The second kappa shape index (κ2) is 10.4. The van der Waals surface area contributed by atoms with Crippen LogP contribution in [0.1, 0.15) is 41.8 Å². The van der Waals surface area contributed by atoms with Gasteiger partial charge >= 0.3 is 51.4 Å². The van der Waals surface area contributed by atoms with Crippen LogP contribution in [0.5, 0.6) is 11.5 Å². The SMILES string of the molecule is CCCc1c(OCc2cccn3c(=O)c(-c4nnn[nH]4)cnc23)ccc(C(C)=O)c1O.[KH]. The van der Waals surface area contributed by atoms with Crippen LogP contribution in [0.25, 0.3) is 17.0 Å². The standard InChI is InChI=1S/C21H20N6O4.K.H/c1-3-5-15-17(8-7-14(12(2)28)18(15)29)31-11-13-6-4-9-27-20(13)22-10-16(21(27)30)19-23-25-26-24-19;;/h4,6-10,29H,3,5,11H2,1-2H3,(H,23,24,25,26);;. The van der Waals surface area contributed by atoms with Crippen LogP contribution in [-0.4, -0.2) is 92.3 Å². The number of hydrogen-bond acceptors (Lipinski definition) is 8. The number of phenols is 1. The zero-order valence-corrected chi connectivity index (χ0v) is 17.0. The molecule has 0 amide bonds. The summed E-state index contributed by atoms with van der Waals surface area (Å²) in [4.78, 5) is 29.0. The molecule has 0 aliphatic heterocycles. The number of phenolic OH excluding ortho intramolecular Hbond substituents is 1. The number of tetrazole rings is 1. The van der Waals surface area contributed by atoms with E-state index in [-0.39, 0.29) is 92.0 Å². The Balaban J connectivity index is 0.00000289. The van der Waals surface area contributed by atoms with Crippen LogP contribution in [0, 0.1) is 0 Å². The minimum absolute atomic E-state index is 0. The van der Waals surface area contributed by atoms with E-state index in [9.17, 15) is 14.7 Å². The minimum atomic E-state index is -0.319. The van der Waals surface area contributed by atoms with Crippen molar-refractivity contribution in [1.29, 1.82) is 0 Å². The molecule has 11 heteroatoms. The number of nitrogens with zero attached hydrogens (tertiary/aromatic N) is 5. The summed E-state index contributed by atoms with van der Waals surface area (Å²) in [6.45, 7) is 3.51. The third-order valence-electron chi connectivity index (χ3n) is 4.92. The topological polar surface area (TPSA) is 135 Å². The van der Waals surface area contributed by atoms with Crippen LogP contribution >= 0.6 is 0 Å². The van der Waals surface area contributed by atoms with E-state index in [2.05, 4.69) is 25.6 Å². The number of benzene rings is 1. The van der Waals surface area contributed by atoms with E-state index in [1.54, 1.807) is 30.5 Å². The maximum atomic E-state index is 12.8. The van der Waals surface area contributed by atoms with Gasteiger partial charge in [-0.2, -0.15) is 0 Å². The zero-order chi connectivity index (χ0) is 22.0. The molecule has 10 nitrogen and oxygen atoms in total. The molecule has 0 aliphatic carbocycles. The summed E-state index contributed by atoms with van der Waals surface area (Å²) in [5.41, 5.74) is 1.89. The Hall–Kier alpha value is -2.44. The third kappa shape index (κ3) is 4.66. The second-order valence-corrected chi connectivity index (χ2v) is 6.99. The van der Waals surface area contributed by atoms with Gasteiger partial charge in [0.15, 0.2) is 11.6 Å². The normalized spacial score (nSPS) is 10.7. The first kappa shape index (κ1) is 24.2. The Morgan fingerprint density at radius 3 is 2.78 bits per heavy atom. The van der Waals surface area contributed by atoms with Crippen molar-refractivity contribution in [2.75, 3.05) is 0 Å². The first-order chi connectivity index (χ1) is 15.0. The molecule has 160 valence electrons. The van der Waals surface area contributed by atoms with Crippen molar-refractivity contribution in [3.8, 4) is 22.9 Å². The number of ether oxygens (including phenoxy) is 1. The number of carbonyl (C=O) groups excluding carboxylic acids is 1. The van der Waals surface area contributed by atoms with Gasteiger partial charge in [-0.3, -0.25) is 14.0 Å².